The number of hydrogen-bond donors (Lipinski definition) is 1. The average Bonchev–Trinajstić information content (AvgIpc) is 2.98. The van der Waals surface area contributed by atoms with Crippen LogP contribution in [0.15, 0.2) is 65.6 Å². The van der Waals surface area contributed by atoms with Gasteiger partial charge in [-0.2, -0.15) is 0 Å². The molecule has 0 aromatic heterocycles. The number of amides is 1. The predicted octanol–water partition coefficient (Wildman–Crippen LogP) is 3.51. The Morgan fingerprint density at radius 1 is 0.780 bits per heavy atom. The second-order valence-corrected chi connectivity index (χ2v) is 10.1. The molecule has 3 aromatic rings. The summed E-state index contributed by atoms with van der Waals surface area (Å²) in [5, 5.41) is 2.55. The summed E-state index contributed by atoms with van der Waals surface area (Å²) in [5.74, 6) is -1.25. The van der Waals surface area contributed by atoms with Crippen molar-refractivity contribution < 1.29 is 46.5 Å². The lowest BCUT2D eigenvalue weighted by atomic mass is 10.1. The second kappa shape index (κ2) is 13.5. The van der Waals surface area contributed by atoms with E-state index in [9.17, 15) is 22.8 Å². The van der Waals surface area contributed by atoms with Gasteiger partial charge in [0.2, 0.25) is 5.91 Å². The molecule has 0 saturated carbocycles. The molecule has 0 saturated heterocycles. The van der Waals surface area contributed by atoms with Crippen LogP contribution in [0.25, 0.3) is 0 Å². The van der Waals surface area contributed by atoms with Crippen molar-refractivity contribution in [2.24, 2.45) is 0 Å². The molecule has 41 heavy (non-hydrogen) atoms. The monoisotopic (exact) mass is 586 g/mol. The van der Waals surface area contributed by atoms with Crippen molar-refractivity contribution in [3.63, 3.8) is 0 Å². The van der Waals surface area contributed by atoms with Crippen LogP contribution >= 0.6 is 0 Å². The van der Waals surface area contributed by atoms with Gasteiger partial charge >= 0.3 is 11.9 Å². The summed E-state index contributed by atoms with van der Waals surface area (Å²) < 4.78 is 54.0. The van der Waals surface area contributed by atoms with E-state index in [1.165, 1.54) is 77.0 Å². The van der Waals surface area contributed by atoms with E-state index in [1.807, 2.05) is 6.92 Å². The third-order valence-corrected chi connectivity index (χ3v) is 7.49. The maximum atomic E-state index is 13.9. The number of esters is 2. The van der Waals surface area contributed by atoms with Crippen molar-refractivity contribution in [1.29, 1.82) is 0 Å². The SMILES string of the molecule is CCOc1ccc(N(CC(=O)Nc2cc(C(=O)OC)cc(C(=O)OC)c2)S(=O)(=O)c2ccc(OC)c(OC)c2)cc1. The van der Waals surface area contributed by atoms with Crippen LogP contribution < -0.4 is 23.8 Å². The normalized spacial score (nSPS) is 10.8. The Morgan fingerprint density at radius 2 is 1.37 bits per heavy atom. The van der Waals surface area contributed by atoms with Gasteiger partial charge < -0.3 is 29.0 Å². The van der Waals surface area contributed by atoms with E-state index >= 15 is 0 Å². The standard InChI is InChI=1S/C28H30N2O10S/c1-6-40-22-9-7-21(8-10-22)30(41(34,35)23-11-12-24(36-2)25(16-23)37-3)17-26(31)29-20-14-18(27(32)38-4)13-19(15-20)28(33)39-5/h7-16H,6,17H2,1-5H3,(H,29,31). The van der Waals surface area contributed by atoms with Crippen molar-refractivity contribution in [3.8, 4) is 17.2 Å². The van der Waals surface area contributed by atoms with Crippen LogP contribution in [0.2, 0.25) is 0 Å². The van der Waals surface area contributed by atoms with Gasteiger partial charge in [-0.15, -0.1) is 0 Å². The van der Waals surface area contributed by atoms with Gasteiger partial charge in [0, 0.05) is 11.8 Å². The number of anilines is 2. The zero-order valence-electron chi connectivity index (χ0n) is 23.1. The fraction of sp³-hybridized carbons (Fsp3) is 0.250. The number of carbonyl (C=O) groups excluding carboxylic acids is 3. The minimum Gasteiger partial charge on any atom is -0.494 e. The Balaban J connectivity index is 2.02. The molecular formula is C28H30N2O10S. The molecule has 0 radical (unpaired) electrons. The molecule has 3 aromatic carbocycles. The highest BCUT2D eigenvalue weighted by Crippen LogP contribution is 2.32. The molecule has 1 amide bonds. The summed E-state index contributed by atoms with van der Waals surface area (Å²) in [4.78, 5) is 37.4. The van der Waals surface area contributed by atoms with Crippen LogP contribution in [0.5, 0.6) is 17.2 Å². The average molecular weight is 587 g/mol. The number of rotatable bonds is 12. The van der Waals surface area contributed by atoms with E-state index in [0.717, 1.165) is 4.31 Å². The molecule has 0 fully saturated rings. The van der Waals surface area contributed by atoms with Crippen molar-refractivity contribution in [3.05, 3.63) is 71.8 Å². The molecule has 0 aliphatic heterocycles. The lowest BCUT2D eigenvalue weighted by molar-refractivity contribution is -0.114. The summed E-state index contributed by atoms with van der Waals surface area (Å²) in [6.45, 7) is 1.56. The molecule has 0 heterocycles. The molecule has 12 nitrogen and oxygen atoms in total. The van der Waals surface area contributed by atoms with Crippen molar-refractivity contribution in [2.75, 3.05) is 51.2 Å². The number of nitrogens with one attached hydrogen (secondary N) is 1. The van der Waals surface area contributed by atoms with Crippen molar-refractivity contribution in [1.82, 2.24) is 0 Å². The number of benzene rings is 3. The minimum absolute atomic E-state index is 0.0213. The molecule has 218 valence electrons. The van der Waals surface area contributed by atoms with Gasteiger partial charge in [-0.05, 0) is 61.5 Å². The van der Waals surface area contributed by atoms with Crippen LogP contribution in [0, 0.1) is 0 Å². The first-order valence-corrected chi connectivity index (χ1v) is 13.6. The highest BCUT2D eigenvalue weighted by atomic mass is 32.2. The maximum Gasteiger partial charge on any atom is 0.337 e. The summed E-state index contributed by atoms with van der Waals surface area (Å²) in [7, 11) is 0.796. The number of ether oxygens (including phenoxy) is 5. The summed E-state index contributed by atoms with van der Waals surface area (Å²) in [6, 6.07) is 14.1. The number of hydrogen-bond acceptors (Lipinski definition) is 10. The Kier molecular flexibility index (Phi) is 10.1. The number of methoxy groups -OCH3 is 4. The van der Waals surface area contributed by atoms with Crippen LogP contribution in [0.1, 0.15) is 27.6 Å². The van der Waals surface area contributed by atoms with Crippen LogP contribution in [-0.4, -0.2) is 67.9 Å². The number of sulfonamides is 1. The first-order chi connectivity index (χ1) is 19.6. The quantitative estimate of drug-likeness (QED) is 0.313. The molecular weight excluding hydrogens is 556 g/mol. The molecule has 13 heteroatoms. The molecule has 0 bridgehead atoms. The second-order valence-electron chi connectivity index (χ2n) is 8.29. The number of nitrogens with zero attached hydrogens (tertiary/aromatic N) is 1. The fourth-order valence-corrected chi connectivity index (χ4v) is 5.23. The number of carbonyl (C=O) groups is 3. The Bertz CT molecular complexity index is 1490. The van der Waals surface area contributed by atoms with Gasteiger partial charge in [0.05, 0.1) is 56.8 Å². The molecule has 3 rings (SSSR count). The highest BCUT2D eigenvalue weighted by Gasteiger charge is 2.29. The van der Waals surface area contributed by atoms with Crippen LogP contribution in [0.3, 0.4) is 0 Å². The zero-order chi connectivity index (χ0) is 30.2. The Morgan fingerprint density at radius 3 is 1.88 bits per heavy atom. The topological polar surface area (TPSA) is 147 Å². The van der Waals surface area contributed by atoms with Gasteiger partial charge in [0.25, 0.3) is 10.0 Å². The molecule has 0 aliphatic rings. The molecule has 0 spiro atoms. The van der Waals surface area contributed by atoms with Gasteiger partial charge in [-0.1, -0.05) is 0 Å². The maximum absolute atomic E-state index is 13.9. The fourth-order valence-electron chi connectivity index (χ4n) is 3.80. The largest absolute Gasteiger partial charge is 0.494 e. The first-order valence-electron chi connectivity index (χ1n) is 12.2. The predicted molar refractivity (Wildman–Crippen MR) is 149 cm³/mol. The Hall–Kier alpha value is -4.78. The van der Waals surface area contributed by atoms with Gasteiger partial charge in [-0.3, -0.25) is 9.10 Å². The van der Waals surface area contributed by atoms with Gasteiger partial charge in [-0.25, -0.2) is 18.0 Å². The molecule has 0 unspecified atom stereocenters. The molecule has 1 N–H and O–H groups in total. The lowest BCUT2D eigenvalue weighted by Gasteiger charge is -2.25. The summed E-state index contributed by atoms with van der Waals surface area (Å²) in [6.07, 6.45) is 0. The van der Waals surface area contributed by atoms with E-state index in [2.05, 4.69) is 5.32 Å². The first kappa shape index (κ1) is 30.8. The third kappa shape index (κ3) is 7.25. The van der Waals surface area contributed by atoms with E-state index in [1.54, 1.807) is 12.1 Å². The van der Waals surface area contributed by atoms with Crippen molar-refractivity contribution in [2.45, 2.75) is 11.8 Å². The Labute approximate surface area is 237 Å². The van der Waals surface area contributed by atoms with Crippen LogP contribution in [-0.2, 0) is 24.3 Å². The van der Waals surface area contributed by atoms with E-state index in [-0.39, 0.29) is 33.1 Å². The van der Waals surface area contributed by atoms with E-state index < -0.39 is 34.4 Å². The molecule has 0 aliphatic carbocycles. The highest BCUT2D eigenvalue weighted by molar-refractivity contribution is 7.92. The third-order valence-electron chi connectivity index (χ3n) is 5.72. The molecule has 0 atom stereocenters. The van der Waals surface area contributed by atoms with Crippen molar-refractivity contribution >= 4 is 39.2 Å². The summed E-state index contributed by atoms with van der Waals surface area (Å²) >= 11 is 0. The van der Waals surface area contributed by atoms with E-state index in [4.69, 9.17) is 23.7 Å². The van der Waals surface area contributed by atoms with Crippen LogP contribution in [0.4, 0.5) is 11.4 Å². The minimum atomic E-state index is -4.33. The van der Waals surface area contributed by atoms with Gasteiger partial charge in [0.15, 0.2) is 11.5 Å². The van der Waals surface area contributed by atoms with Gasteiger partial charge in [0.1, 0.15) is 12.3 Å². The zero-order valence-corrected chi connectivity index (χ0v) is 23.9. The van der Waals surface area contributed by atoms with E-state index in [0.29, 0.717) is 18.1 Å². The lowest BCUT2D eigenvalue weighted by Crippen LogP contribution is -2.38. The summed E-state index contributed by atoms with van der Waals surface area (Å²) in [5.41, 5.74) is 0.185. The smallest absolute Gasteiger partial charge is 0.337 e.